The van der Waals surface area contributed by atoms with Crippen molar-refractivity contribution in [3.05, 3.63) is 57.9 Å². The molecule has 2 aromatic carbocycles. The van der Waals surface area contributed by atoms with Crippen molar-refractivity contribution in [1.82, 2.24) is 4.57 Å². The van der Waals surface area contributed by atoms with E-state index in [4.69, 9.17) is 9.47 Å². The summed E-state index contributed by atoms with van der Waals surface area (Å²) in [6.45, 7) is 8.11. The molecule has 1 aromatic heterocycles. The first-order valence-corrected chi connectivity index (χ1v) is 10.2. The third-order valence-corrected chi connectivity index (χ3v) is 5.71. The summed E-state index contributed by atoms with van der Waals surface area (Å²) in [6, 6.07) is 11.9. The van der Waals surface area contributed by atoms with Crippen molar-refractivity contribution in [3.8, 4) is 5.75 Å². The zero-order chi connectivity index (χ0) is 20.1. The van der Waals surface area contributed by atoms with E-state index < -0.39 is 0 Å². The van der Waals surface area contributed by atoms with E-state index in [2.05, 4.69) is 35.5 Å². The first kappa shape index (κ1) is 20.3. The van der Waals surface area contributed by atoms with Gasteiger partial charge in [0.2, 0.25) is 0 Å². The molecule has 0 saturated heterocycles. The lowest BCUT2D eigenvalue weighted by Gasteiger charge is -2.07. The Morgan fingerprint density at radius 3 is 2.71 bits per heavy atom. The molecule has 0 unspecified atom stereocenters. The summed E-state index contributed by atoms with van der Waals surface area (Å²) in [6.07, 6.45) is 0.245. The predicted molar refractivity (Wildman–Crippen MR) is 113 cm³/mol. The zero-order valence-electron chi connectivity index (χ0n) is 16.8. The van der Waals surface area contributed by atoms with Gasteiger partial charge in [0.1, 0.15) is 5.75 Å². The van der Waals surface area contributed by atoms with E-state index in [-0.39, 0.29) is 12.3 Å². The largest absolute Gasteiger partial charge is 0.497 e. The molecule has 0 N–H and O–H groups in total. The molecule has 0 aliphatic heterocycles. The van der Waals surface area contributed by atoms with Crippen LogP contribution < -0.4 is 9.54 Å². The first-order chi connectivity index (χ1) is 13.5. The monoisotopic (exact) mass is 398 g/mol. The second kappa shape index (κ2) is 9.17. The fraction of sp³-hybridized carbons (Fsp3) is 0.364. The van der Waals surface area contributed by atoms with Gasteiger partial charge in [0.25, 0.3) is 5.91 Å². The van der Waals surface area contributed by atoms with Crippen molar-refractivity contribution in [2.45, 2.75) is 33.7 Å². The lowest BCUT2D eigenvalue weighted by Crippen LogP contribution is -2.20. The SMILES string of the molecule is CCOCCn1c(=NC(=O)Cc2cccc(OC)c2)sc2cc(C)c(C)cc21. The van der Waals surface area contributed by atoms with Crippen LogP contribution in [0.3, 0.4) is 0 Å². The van der Waals surface area contributed by atoms with Crippen LogP contribution in [0.4, 0.5) is 0 Å². The Kier molecular flexibility index (Phi) is 6.65. The fourth-order valence-electron chi connectivity index (χ4n) is 3.03. The molecule has 3 aromatic rings. The molecule has 0 atom stereocenters. The Balaban J connectivity index is 1.97. The van der Waals surface area contributed by atoms with Crippen LogP contribution in [0.25, 0.3) is 10.2 Å². The van der Waals surface area contributed by atoms with E-state index in [9.17, 15) is 4.79 Å². The number of amides is 1. The summed E-state index contributed by atoms with van der Waals surface area (Å²) in [5, 5.41) is 0. The molecule has 0 bridgehead atoms. The van der Waals surface area contributed by atoms with Crippen molar-refractivity contribution in [1.29, 1.82) is 0 Å². The highest BCUT2D eigenvalue weighted by Crippen LogP contribution is 2.22. The quantitative estimate of drug-likeness (QED) is 0.565. The number of nitrogens with zero attached hydrogens (tertiary/aromatic N) is 2. The van der Waals surface area contributed by atoms with E-state index in [0.717, 1.165) is 21.5 Å². The van der Waals surface area contributed by atoms with Crippen LogP contribution in [0.1, 0.15) is 23.6 Å². The van der Waals surface area contributed by atoms with Crippen molar-refractivity contribution < 1.29 is 14.3 Å². The van der Waals surface area contributed by atoms with Crippen molar-refractivity contribution in [2.75, 3.05) is 20.3 Å². The number of fused-ring (bicyclic) bond motifs is 1. The number of hydrogen-bond acceptors (Lipinski definition) is 4. The van der Waals surface area contributed by atoms with Crippen LogP contribution in [-0.4, -0.2) is 30.8 Å². The van der Waals surface area contributed by atoms with E-state index >= 15 is 0 Å². The number of carbonyl (C=O) groups excluding carboxylic acids is 1. The number of hydrogen-bond donors (Lipinski definition) is 0. The van der Waals surface area contributed by atoms with Gasteiger partial charge in [0, 0.05) is 13.2 Å². The molecule has 0 aliphatic carbocycles. The van der Waals surface area contributed by atoms with E-state index in [1.165, 1.54) is 11.1 Å². The van der Waals surface area contributed by atoms with Gasteiger partial charge in [0.15, 0.2) is 4.80 Å². The van der Waals surface area contributed by atoms with E-state index in [1.54, 1.807) is 18.4 Å². The second-order valence-corrected chi connectivity index (χ2v) is 7.68. The Morgan fingerprint density at radius 2 is 1.96 bits per heavy atom. The van der Waals surface area contributed by atoms with Crippen molar-refractivity contribution in [3.63, 3.8) is 0 Å². The molecule has 6 heteroatoms. The second-order valence-electron chi connectivity index (χ2n) is 6.67. The molecule has 1 heterocycles. The molecule has 0 spiro atoms. The van der Waals surface area contributed by atoms with Gasteiger partial charge >= 0.3 is 0 Å². The lowest BCUT2D eigenvalue weighted by molar-refractivity contribution is -0.117. The minimum atomic E-state index is -0.168. The average Bonchev–Trinajstić information content (AvgIpc) is 2.98. The Morgan fingerprint density at radius 1 is 1.18 bits per heavy atom. The third-order valence-electron chi connectivity index (χ3n) is 4.67. The van der Waals surface area contributed by atoms with Gasteiger partial charge in [-0.05, 0) is 61.7 Å². The molecular formula is C22H26N2O3S. The average molecular weight is 399 g/mol. The number of aromatic nitrogens is 1. The molecule has 3 rings (SSSR count). The summed E-state index contributed by atoms with van der Waals surface area (Å²) in [4.78, 5) is 17.8. The standard InChI is InChI=1S/C22H26N2O3S/c1-5-27-10-9-24-19-11-15(2)16(3)12-20(19)28-22(24)23-21(25)14-17-7-6-8-18(13-17)26-4/h6-8,11-13H,5,9-10,14H2,1-4H3. The van der Waals surface area contributed by atoms with Crippen LogP contribution in [0, 0.1) is 13.8 Å². The van der Waals surface area contributed by atoms with Crippen LogP contribution in [0.5, 0.6) is 5.75 Å². The predicted octanol–water partition coefficient (Wildman–Crippen LogP) is 4.03. The molecule has 0 aliphatic rings. The van der Waals surface area contributed by atoms with Gasteiger partial charge in [-0.2, -0.15) is 4.99 Å². The summed E-state index contributed by atoms with van der Waals surface area (Å²) in [7, 11) is 1.62. The smallest absolute Gasteiger partial charge is 0.252 e. The molecule has 1 amide bonds. The minimum Gasteiger partial charge on any atom is -0.497 e. The van der Waals surface area contributed by atoms with Crippen LogP contribution in [0.2, 0.25) is 0 Å². The highest BCUT2D eigenvalue weighted by atomic mass is 32.1. The van der Waals surface area contributed by atoms with Crippen molar-refractivity contribution in [2.24, 2.45) is 4.99 Å². The number of benzene rings is 2. The lowest BCUT2D eigenvalue weighted by atomic mass is 10.1. The van der Waals surface area contributed by atoms with Crippen molar-refractivity contribution >= 4 is 27.5 Å². The maximum absolute atomic E-state index is 12.6. The topological polar surface area (TPSA) is 52.8 Å². The number of rotatable bonds is 7. The molecule has 0 fully saturated rings. The van der Waals surface area contributed by atoms with Gasteiger partial charge in [-0.15, -0.1) is 0 Å². The highest BCUT2D eigenvalue weighted by Gasteiger charge is 2.10. The maximum Gasteiger partial charge on any atom is 0.252 e. The number of methoxy groups -OCH3 is 1. The zero-order valence-corrected chi connectivity index (χ0v) is 17.6. The summed E-state index contributed by atoms with van der Waals surface area (Å²) >= 11 is 1.55. The molecule has 148 valence electrons. The maximum atomic E-state index is 12.6. The Hall–Kier alpha value is -2.44. The van der Waals surface area contributed by atoms with Crippen LogP contribution in [0.15, 0.2) is 41.4 Å². The van der Waals surface area contributed by atoms with Gasteiger partial charge in [-0.25, -0.2) is 0 Å². The molecule has 0 radical (unpaired) electrons. The molecule has 0 saturated carbocycles. The number of thiazole rings is 1. The van der Waals surface area contributed by atoms with Crippen LogP contribution in [-0.2, 0) is 22.5 Å². The fourth-order valence-corrected chi connectivity index (χ4v) is 4.18. The normalized spacial score (nSPS) is 11.9. The van der Waals surface area contributed by atoms with Gasteiger partial charge in [-0.3, -0.25) is 4.79 Å². The summed E-state index contributed by atoms with van der Waals surface area (Å²) < 4.78 is 14.0. The first-order valence-electron chi connectivity index (χ1n) is 9.40. The van der Waals surface area contributed by atoms with E-state index in [1.807, 2.05) is 31.2 Å². The van der Waals surface area contributed by atoms with Gasteiger partial charge in [0.05, 0.1) is 30.4 Å². The highest BCUT2D eigenvalue weighted by molar-refractivity contribution is 7.16. The van der Waals surface area contributed by atoms with E-state index in [0.29, 0.717) is 24.6 Å². The number of aryl methyl sites for hydroxylation is 2. The molecule has 28 heavy (non-hydrogen) atoms. The van der Waals surface area contributed by atoms with Crippen LogP contribution >= 0.6 is 11.3 Å². The third kappa shape index (κ3) is 4.69. The molecule has 5 nitrogen and oxygen atoms in total. The number of ether oxygens (including phenoxy) is 2. The summed E-state index contributed by atoms with van der Waals surface area (Å²) in [5.41, 5.74) is 4.45. The number of carbonyl (C=O) groups is 1. The van der Waals surface area contributed by atoms with Gasteiger partial charge in [-0.1, -0.05) is 23.5 Å². The Bertz CT molecular complexity index is 1050. The molecular weight excluding hydrogens is 372 g/mol. The summed E-state index contributed by atoms with van der Waals surface area (Å²) in [5.74, 6) is 0.573. The minimum absolute atomic E-state index is 0.168. The Labute approximate surface area is 169 Å². The van der Waals surface area contributed by atoms with Gasteiger partial charge < -0.3 is 14.0 Å².